The lowest BCUT2D eigenvalue weighted by atomic mass is 10.0. The molecule has 2 aromatic rings. The van der Waals surface area contributed by atoms with Gasteiger partial charge in [-0.1, -0.05) is 37.3 Å². The maximum atomic E-state index is 4.50. The molecule has 1 unspecified atom stereocenters. The lowest BCUT2D eigenvalue weighted by Gasteiger charge is -2.17. The summed E-state index contributed by atoms with van der Waals surface area (Å²) in [4.78, 5) is 0. The van der Waals surface area contributed by atoms with Crippen molar-refractivity contribution in [1.29, 1.82) is 0 Å². The predicted molar refractivity (Wildman–Crippen MR) is 88.4 cm³/mol. The van der Waals surface area contributed by atoms with Crippen LogP contribution in [-0.4, -0.2) is 22.4 Å². The zero-order chi connectivity index (χ0) is 14.9. The third kappa shape index (κ3) is 5.72. The van der Waals surface area contributed by atoms with Crippen LogP contribution in [0.2, 0.25) is 0 Å². The summed E-state index contributed by atoms with van der Waals surface area (Å²) in [5, 5.41) is 8.17. The first-order valence-corrected chi connectivity index (χ1v) is 8.03. The third-order valence-electron chi connectivity index (χ3n) is 3.77. The zero-order valence-corrected chi connectivity index (χ0v) is 13.3. The number of aryl methyl sites for hydroxylation is 2. The molecule has 0 saturated heterocycles. The number of benzene rings is 1. The Labute approximate surface area is 128 Å². The lowest BCUT2D eigenvalue weighted by Crippen LogP contribution is -2.32. The van der Waals surface area contributed by atoms with E-state index in [0.717, 1.165) is 19.4 Å². The molecule has 1 heterocycles. The minimum Gasteiger partial charge on any atom is -0.314 e. The Morgan fingerprint density at radius 1 is 1.19 bits per heavy atom. The minimum atomic E-state index is 0.531. The summed E-state index contributed by atoms with van der Waals surface area (Å²) in [6.45, 7) is 3.30. The van der Waals surface area contributed by atoms with Crippen molar-refractivity contribution in [2.75, 3.05) is 6.54 Å². The number of aromatic nitrogens is 2. The van der Waals surface area contributed by atoms with E-state index in [0.29, 0.717) is 6.04 Å². The van der Waals surface area contributed by atoms with Gasteiger partial charge >= 0.3 is 0 Å². The lowest BCUT2D eigenvalue weighted by molar-refractivity contribution is 0.459. The monoisotopic (exact) mass is 285 g/mol. The molecule has 0 radical (unpaired) electrons. The molecule has 3 heteroatoms. The summed E-state index contributed by atoms with van der Waals surface area (Å²) >= 11 is 0. The van der Waals surface area contributed by atoms with E-state index in [1.54, 1.807) is 0 Å². The van der Waals surface area contributed by atoms with Crippen molar-refractivity contribution in [3.63, 3.8) is 0 Å². The molecule has 114 valence electrons. The fraction of sp³-hybridized carbons (Fsp3) is 0.500. The molecule has 0 bridgehead atoms. The van der Waals surface area contributed by atoms with Crippen LogP contribution in [-0.2, 0) is 19.9 Å². The average Bonchev–Trinajstić information content (AvgIpc) is 2.91. The van der Waals surface area contributed by atoms with Crippen LogP contribution >= 0.6 is 0 Å². The fourth-order valence-corrected chi connectivity index (χ4v) is 2.65. The second-order valence-corrected chi connectivity index (χ2v) is 5.71. The van der Waals surface area contributed by atoms with Gasteiger partial charge in [-0.3, -0.25) is 4.68 Å². The zero-order valence-electron chi connectivity index (χ0n) is 13.3. The molecule has 3 nitrogen and oxygen atoms in total. The van der Waals surface area contributed by atoms with Gasteiger partial charge in [-0.2, -0.15) is 5.10 Å². The highest BCUT2D eigenvalue weighted by atomic mass is 15.2. The highest BCUT2D eigenvalue weighted by Crippen LogP contribution is 2.10. The van der Waals surface area contributed by atoms with E-state index in [-0.39, 0.29) is 0 Å². The highest BCUT2D eigenvalue weighted by Gasteiger charge is 2.10. The molecule has 1 aromatic carbocycles. The predicted octanol–water partition coefficient (Wildman–Crippen LogP) is 3.35. The molecule has 1 aromatic heterocycles. The van der Waals surface area contributed by atoms with Crippen molar-refractivity contribution in [3.8, 4) is 0 Å². The summed E-state index contributed by atoms with van der Waals surface area (Å²) in [6, 6.07) is 13.4. The van der Waals surface area contributed by atoms with E-state index in [4.69, 9.17) is 0 Å². The Bertz CT molecular complexity index is 504. The molecule has 0 aliphatic rings. The van der Waals surface area contributed by atoms with Gasteiger partial charge in [-0.05, 0) is 43.9 Å². The Hall–Kier alpha value is -1.61. The first-order valence-electron chi connectivity index (χ1n) is 8.03. The Morgan fingerprint density at radius 2 is 2.00 bits per heavy atom. The van der Waals surface area contributed by atoms with Gasteiger partial charge in [-0.25, -0.2) is 0 Å². The number of rotatable bonds is 9. The molecule has 0 aliphatic carbocycles. The van der Waals surface area contributed by atoms with Crippen LogP contribution in [0.1, 0.15) is 37.4 Å². The van der Waals surface area contributed by atoms with E-state index >= 15 is 0 Å². The van der Waals surface area contributed by atoms with Crippen LogP contribution in [0, 0.1) is 0 Å². The van der Waals surface area contributed by atoms with Crippen LogP contribution < -0.4 is 5.32 Å². The molecule has 0 fully saturated rings. The smallest absolute Gasteiger partial charge is 0.0639 e. The quantitative estimate of drug-likeness (QED) is 0.765. The van der Waals surface area contributed by atoms with E-state index in [1.807, 2.05) is 17.9 Å². The largest absolute Gasteiger partial charge is 0.314 e. The van der Waals surface area contributed by atoms with Gasteiger partial charge in [0.05, 0.1) is 5.69 Å². The van der Waals surface area contributed by atoms with E-state index < -0.39 is 0 Å². The van der Waals surface area contributed by atoms with Crippen LogP contribution in [0.3, 0.4) is 0 Å². The van der Waals surface area contributed by atoms with E-state index in [1.165, 1.54) is 30.5 Å². The molecular formula is C18H27N3. The molecule has 0 spiro atoms. The number of nitrogens with one attached hydrogen (secondary N) is 1. The number of nitrogens with zero attached hydrogens (tertiary/aromatic N) is 2. The summed E-state index contributed by atoms with van der Waals surface area (Å²) in [6.07, 6.45) is 7.81. The van der Waals surface area contributed by atoms with Gasteiger partial charge in [0.2, 0.25) is 0 Å². The number of hydrogen-bond donors (Lipinski definition) is 1. The summed E-state index contributed by atoms with van der Waals surface area (Å²) in [5.74, 6) is 0. The van der Waals surface area contributed by atoms with Gasteiger partial charge < -0.3 is 5.32 Å². The van der Waals surface area contributed by atoms with Gasteiger partial charge in [-0.15, -0.1) is 0 Å². The minimum absolute atomic E-state index is 0.531. The molecule has 1 atom stereocenters. The third-order valence-corrected chi connectivity index (χ3v) is 3.77. The van der Waals surface area contributed by atoms with Gasteiger partial charge in [0, 0.05) is 25.7 Å². The van der Waals surface area contributed by atoms with Crippen molar-refractivity contribution >= 4 is 0 Å². The van der Waals surface area contributed by atoms with Crippen molar-refractivity contribution in [3.05, 3.63) is 53.9 Å². The second kappa shape index (κ2) is 8.63. The summed E-state index contributed by atoms with van der Waals surface area (Å²) in [7, 11) is 1.98. The maximum absolute atomic E-state index is 4.50. The Kier molecular flexibility index (Phi) is 6.48. The molecule has 2 rings (SSSR count). The average molecular weight is 285 g/mol. The van der Waals surface area contributed by atoms with Gasteiger partial charge in [0.1, 0.15) is 0 Å². The van der Waals surface area contributed by atoms with E-state index in [9.17, 15) is 0 Å². The van der Waals surface area contributed by atoms with Crippen molar-refractivity contribution in [2.24, 2.45) is 7.05 Å². The fourth-order valence-electron chi connectivity index (χ4n) is 2.65. The summed E-state index contributed by atoms with van der Waals surface area (Å²) < 4.78 is 1.89. The normalized spacial score (nSPS) is 12.5. The van der Waals surface area contributed by atoms with Crippen molar-refractivity contribution in [1.82, 2.24) is 15.1 Å². The Morgan fingerprint density at radius 3 is 2.67 bits per heavy atom. The topological polar surface area (TPSA) is 29.9 Å². The van der Waals surface area contributed by atoms with Crippen LogP contribution in [0.15, 0.2) is 42.6 Å². The van der Waals surface area contributed by atoms with Crippen LogP contribution in [0.5, 0.6) is 0 Å². The molecule has 0 aliphatic heterocycles. The van der Waals surface area contributed by atoms with Crippen molar-refractivity contribution < 1.29 is 0 Å². The van der Waals surface area contributed by atoms with Gasteiger partial charge in [0.25, 0.3) is 0 Å². The molecule has 1 N–H and O–H groups in total. The first-order chi connectivity index (χ1) is 10.3. The Balaban J connectivity index is 1.81. The second-order valence-electron chi connectivity index (χ2n) is 5.71. The highest BCUT2D eigenvalue weighted by molar-refractivity contribution is 5.14. The maximum Gasteiger partial charge on any atom is 0.0639 e. The molecule has 21 heavy (non-hydrogen) atoms. The molecule has 0 saturated carbocycles. The first kappa shape index (κ1) is 15.8. The number of hydrogen-bond acceptors (Lipinski definition) is 2. The standard InChI is InChI=1S/C18H27N3/c1-3-13-19-17(15-18-12-14-21(2)20-18)11-7-10-16-8-5-4-6-9-16/h4-6,8-9,12,14,17,19H,3,7,10-11,13,15H2,1-2H3. The molecule has 0 amide bonds. The van der Waals surface area contributed by atoms with E-state index in [2.05, 4.69) is 53.7 Å². The molecular weight excluding hydrogens is 258 g/mol. The van der Waals surface area contributed by atoms with Crippen molar-refractivity contribution in [2.45, 2.75) is 45.1 Å². The van der Waals surface area contributed by atoms with Crippen LogP contribution in [0.4, 0.5) is 0 Å². The SMILES string of the molecule is CCCNC(CCCc1ccccc1)Cc1ccn(C)n1. The van der Waals surface area contributed by atoms with Gasteiger partial charge in [0.15, 0.2) is 0 Å². The van der Waals surface area contributed by atoms with Crippen LogP contribution in [0.25, 0.3) is 0 Å². The summed E-state index contributed by atoms with van der Waals surface area (Å²) in [5.41, 5.74) is 2.62.